The molecule has 3 rings (SSSR count). The van der Waals surface area contributed by atoms with Crippen LogP contribution in [0.1, 0.15) is 18.2 Å². The van der Waals surface area contributed by atoms with Crippen LogP contribution in [0, 0.1) is 0 Å². The maximum Gasteiger partial charge on any atom is 0.194 e. The lowest BCUT2D eigenvalue weighted by atomic mass is 10.2. The Bertz CT molecular complexity index is 637. The summed E-state index contributed by atoms with van der Waals surface area (Å²) < 4.78 is 5.38. The molecule has 1 fully saturated rings. The molecule has 5 nitrogen and oxygen atoms in total. The van der Waals surface area contributed by atoms with Crippen LogP contribution in [0.5, 0.6) is 0 Å². The first kappa shape index (κ1) is 20.8. The number of hydrogen-bond acceptors (Lipinski definition) is 3. The largest absolute Gasteiger partial charge is 0.469 e. The van der Waals surface area contributed by atoms with Crippen LogP contribution >= 0.6 is 24.0 Å². The van der Waals surface area contributed by atoms with E-state index in [9.17, 15) is 0 Å². The first-order valence-corrected chi connectivity index (χ1v) is 9.17. The van der Waals surface area contributed by atoms with Gasteiger partial charge < -0.3 is 14.6 Å². The van der Waals surface area contributed by atoms with Gasteiger partial charge in [0.1, 0.15) is 5.76 Å². The number of piperazine rings is 1. The van der Waals surface area contributed by atoms with Crippen molar-refractivity contribution in [1.29, 1.82) is 0 Å². The lowest BCUT2D eigenvalue weighted by molar-refractivity contribution is 0.172. The number of nitrogens with one attached hydrogen (secondary N) is 1. The summed E-state index contributed by atoms with van der Waals surface area (Å²) in [5.41, 5.74) is 1.38. The highest BCUT2D eigenvalue weighted by Gasteiger charge is 2.19. The molecule has 0 spiro atoms. The molecule has 0 aliphatic carbocycles. The van der Waals surface area contributed by atoms with Crippen molar-refractivity contribution in [1.82, 2.24) is 15.1 Å². The van der Waals surface area contributed by atoms with Gasteiger partial charge in [0.25, 0.3) is 0 Å². The Hall–Kier alpha value is -1.54. The smallest absolute Gasteiger partial charge is 0.194 e. The first-order valence-electron chi connectivity index (χ1n) is 9.17. The first-order chi connectivity index (χ1) is 12.3. The average molecular weight is 468 g/mol. The number of rotatable bonds is 6. The molecule has 0 radical (unpaired) electrons. The topological polar surface area (TPSA) is 44.0 Å². The van der Waals surface area contributed by atoms with Crippen LogP contribution in [0.25, 0.3) is 0 Å². The zero-order chi connectivity index (χ0) is 17.3. The molecule has 0 unspecified atom stereocenters. The van der Waals surface area contributed by atoms with E-state index in [0.29, 0.717) is 0 Å². The number of halogens is 1. The summed E-state index contributed by atoms with van der Waals surface area (Å²) >= 11 is 0. The van der Waals surface area contributed by atoms with Gasteiger partial charge in [0.2, 0.25) is 0 Å². The van der Waals surface area contributed by atoms with E-state index in [1.165, 1.54) is 5.56 Å². The zero-order valence-electron chi connectivity index (χ0n) is 15.4. The molecule has 6 heteroatoms. The highest BCUT2D eigenvalue weighted by atomic mass is 127. The summed E-state index contributed by atoms with van der Waals surface area (Å²) in [6.45, 7) is 8.95. The van der Waals surface area contributed by atoms with Gasteiger partial charge in [0, 0.05) is 52.2 Å². The lowest BCUT2D eigenvalue weighted by Crippen LogP contribution is -2.52. The number of benzene rings is 1. The Morgan fingerprint density at radius 3 is 2.50 bits per heavy atom. The number of guanidine groups is 1. The van der Waals surface area contributed by atoms with Gasteiger partial charge in [0.05, 0.1) is 6.26 Å². The molecule has 1 aromatic carbocycles. The van der Waals surface area contributed by atoms with Crippen molar-refractivity contribution in [2.24, 2.45) is 4.99 Å². The predicted octanol–water partition coefficient (Wildman–Crippen LogP) is 3.22. The Morgan fingerprint density at radius 2 is 1.85 bits per heavy atom. The van der Waals surface area contributed by atoms with E-state index in [1.807, 2.05) is 12.1 Å². The van der Waals surface area contributed by atoms with Gasteiger partial charge >= 0.3 is 0 Å². The molecule has 2 aromatic rings. The van der Waals surface area contributed by atoms with Crippen LogP contribution in [-0.4, -0.2) is 55.0 Å². The molecule has 1 N–H and O–H groups in total. The molecule has 0 amide bonds. The van der Waals surface area contributed by atoms with E-state index < -0.39 is 0 Å². The minimum atomic E-state index is 0. The maximum absolute atomic E-state index is 5.38. The maximum atomic E-state index is 5.38. The highest BCUT2D eigenvalue weighted by Crippen LogP contribution is 2.09. The monoisotopic (exact) mass is 468 g/mol. The fraction of sp³-hybridized carbons (Fsp3) is 0.450. The molecule has 2 heterocycles. The van der Waals surface area contributed by atoms with Gasteiger partial charge in [-0.1, -0.05) is 30.3 Å². The molecule has 1 aliphatic rings. The van der Waals surface area contributed by atoms with E-state index in [-0.39, 0.29) is 24.0 Å². The fourth-order valence-corrected chi connectivity index (χ4v) is 3.11. The molecule has 0 bridgehead atoms. The summed E-state index contributed by atoms with van der Waals surface area (Å²) in [6, 6.07) is 14.6. The molecule has 26 heavy (non-hydrogen) atoms. The van der Waals surface area contributed by atoms with Crippen LogP contribution in [-0.2, 0) is 13.0 Å². The van der Waals surface area contributed by atoms with Crippen molar-refractivity contribution in [2.75, 3.05) is 39.3 Å². The Kier molecular flexibility index (Phi) is 8.97. The number of aliphatic imine (C=N–C) groups is 1. The SMILES string of the molecule is CCNC(=NCCc1ccco1)N1CCN(Cc2ccccc2)CC1.I. The minimum Gasteiger partial charge on any atom is -0.469 e. The van der Waals surface area contributed by atoms with Crippen molar-refractivity contribution in [3.05, 3.63) is 60.1 Å². The van der Waals surface area contributed by atoms with Crippen LogP contribution in [0.15, 0.2) is 58.1 Å². The molecule has 1 saturated heterocycles. The second-order valence-electron chi connectivity index (χ2n) is 6.31. The molecular formula is C20H29IN4O. The molecule has 142 valence electrons. The zero-order valence-corrected chi connectivity index (χ0v) is 17.8. The van der Waals surface area contributed by atoms with Gasteiger partial charge in [-0.2, -0.15) is 0 Å². The van der Waals surface area contributed by atoms with Crippen LogP contribution < -0.4 is 5.32 Å². The third-order valence-corrected chi connectivity index (χ3v) is 4.46. The second kappa shape index (κ2) is 11.2. The third-order valence-electron chi connectivity index (χ3n) is 4.46. The second-order valence-corrected chi connectivity index (χ2v) is 6.31. The third kappa shape index (κ3) is 6.32. The Morgan fingerprint density at radius 1 is 1.08 bits per heavy atom. The van der Waals surface area contributed by atoms with E-state index >= 15 is 0 Å². The van der Waals surface area contributed by atoms with E-state index in [1.54, 1.807) is 6.26 Å². The van der Waals surface area contributed by atoms with Crippen LogP contribution in [0.2, 0.25) is 0 Å². The Labute approximate surface area is 173 Å². The van der Waals surface area contributed by atoms with Crippen LogP contribution in [0.3, 0.4) is 0 Å². The van der Waals surface area contributed by atoms with Crippen molar-refractivity contribution >= 4 is 29.9 Å². The lowest BCUT2D eigenvalue weighted by Gasteiger charge is -2.36. The number of hydrogen-bond donors (Lipinski definition) is 1. The summed E-state index contributed by atoms with van der Waals surface area (Å²) in [5.74, 6) is 2.01. The Balaban J connectivity index is 0.00000243. The summed E-state index contributed by atoms with van der Waals surface area (Å²) in [4.78, 5) is 9.65. The normalized spacial score (nSPS) is 15.6. The van der Waals surface area contributed by atoms with E-state index in [2.05, 4.69) is 52.4 Å². The van der Waals surface area contributed by atoms with Crippen molar-refractivity contribution in [3.63, 3.8) is 0 Å². The summed E-state index contributed by atoms with van der Waals surface area (Å²) in [6.07, 6.45) is 2.56. The number of furan rings is 1. The minimum absolute atomic E-state index is 0. The van der Waals surface area contributed by atoms with Gasteiger partial charge in [-0.25, -0.2) is 0 Å². The molecule has 0 atom stereocenters. The molecule has 1 aliphatic heterocycles. The predicted molar refractivity (Wildman–Crippen MR) is 117 cm³/mol. The number of nitrogens with zero attached hydrogens (tertiary/aromatic N) is 3. The fourth-order valence-electron chi connectivity index (χ4n) is 3.11. The standard InChI is InChI=1S/C20H28N4O.HI/c1-2-21-20(22-11-10-19-9-6-16-25-19)24-14-12-23(13-15-24)17-18-7-4-3-5-8-18;/h3-9,16H,2,10-15,17H2,1H3,(H,21,22);1H. The van der Waals surface area contributed by atoms with Crippen molar-refractivity contribution in [3.8, 4) is 0 Å². The summed E-state index contributed by atoms with van der Waals surface area (Å²) in [5, 5.41) is 3.42. The van der Waals surface area contributed by atoms with Crippen LogP contribution in [0.4, 0.5) is 0 Å². The van der Waals surface area contributed by atoms with Gasteiger partial charge in [-0.3, -0.25) is 9.89 Å². The summed E-state index contributed by atoms with van der Waals surface area (Å²) in [7, 11) is 0. The quantitative estimate of drug-likeness (QED) is 0.402. The molecular weight excluding hydrogens is 439 g/mol. The molecule has 1 aromatic heterocycles. The van der Waals surface area contributed by atoms with E-state index in [4.69, 9.17) is 9.41 Å². The van der Waals surface area contributed by atoms with Crippen molar-refractivity contribution < 1.29 is 4.42 Å². The highest BCUT2D eigenvalue weighted by molar-refractivity contribution is 14.0. The van der Waals surface area contributed by atoms with Gasteiger partial charge in [0.15, 0.2) is 5.96 Å². The average Bonchev–Trinajstić information content (AvgIpc) is 3.16. The van der Waals surface area contributed by atoms with Crippen molar-refractivity contribution in [2.45, 2.75) is 19.9 Å². The molecule has 0 saturated carbocycles. The van der Waals surface area contributed by atoms with Gasteiger partial charge in [-0.05, 0) is 24.6 Å². The van der Waals surface area contributed by atoms with Gasteiger partial charge in [-0.15, -0.1) is 24.0 Å². The van der Waals surface area contributed by atoms with E-state index in [0.717, 1.165) is 64.0 Å².